The fraction of sp³-hybridized carbons (Fsp3) is 0.243. The number of carboxylic acids is 1. The van der Waals surface area contributed by atoms with Crippen LogP contribution in [0.25, 0.3) is 0 Å². The van der Waals surface area contributed by atoms with Crippen molar-refractivity contribution in [2.45, 2.75) is 55.5 Å². The highest BCUT2D eigenvalue weighted by Crippen LogP contribution is 2.40. The molecule has 0 aromatic heterocycles. The minimum Gasteiger partial charge on any atom is -0.478 e. The van der Waals surface area contributed by atoms with Gasteiger partial charge in [0.1, 0.15) is 12.6 Å². The van der Waals surface area contributed by atoms with Crippen LogP contribution in [0.2, 0.25) is 0 Å². The highest BCUT2D eigenvalue weighted by atomic mass is 32.2. The van der Waals surface area contributed by atoms with Crippen LogP contribution in [0.5, 0.6) is 0 Å². The molecule has 1 unspecified atom stereocenters. The second-order valence-corrected chi connectivity index (χ2v) is 12.7. The zero-order valence-corrected chi connectivity index (χ0v) is 27.1. The van der Waals surface area contributed by atoms with E-state index in [1.165, 1.54) is 0 Å². The fourth-order valence-electron chi connectivity index (χ4n) is 5.61. The van der Waals surface area contributed by atoms with Crippen LogP contribution in [0, 0.1) is 0 Å². The van der Waals surface area contributed by atoms with E-state index in [-0.39, 0.29) is 37.4 Å². The summed E-state index contributed by atoms with van der Waals surface area (Å²) in [5.41, 5.74) is 3.75. The Labute approximate surface area is 286 Å². The number of amides is 3. The van der Waals surface area contributed by atoms with E-state index >= 15 is 0 Å². The molecule has 2 aliphatic rings. The largest absolute Gasteiger partial charge is 0.478 e. The molecule has 49 heavy (non-hydrogen) atoms. The average Bonchev–Trinajstić information content (AvgIpc) is 3.41. The molecule has 3 N–H and O–H groups in total. The molecule has 12 heteroatoms. The first-order chi connectivity index (χ1) is 23.8. The second-order valence-electron chi connectivity index (χ2n) is 11.6. The van der Waals surface area contributed by atoms with E-state index in [1.807, 2.05) is 54.6 Å². The summed E-state index contributed by atoms with van der Waals surface area (Å²) in [7, 11) is 0. The number of carbonyl (C=O) groups excluding carboxylic acids is 3. The Kier molecular flexibility index (Phi) is 10.7. The first kappa shape index (κ1) is 33.9. The predicted molar refractivity (Wildman–Crippen MR) is 180 cm³/mol. The van der Waals surface area contributed by atoms with Gasteiger partial charge in [-0.25, -0.2) is 14.5 Å². The van der Waals surface area contributed by atoms with E-state index in [1.54, 1.807) is 60.3 Å². The van der Waals surface area contributed by atoms with Crippen molar-refractivity contribution < 1.29 is 43.6 Å². The van der Waals surface area contributed by atoms with Gasteiger partial charge < -0.3 is 29.7 Å². The molecule has 4 atom stereocenters. The number of aromatic carboxylic acids is 1. The van der Waals surface area contributed by atoms with E-state index in [2.05, 4.69) is 5.32 Å². The number of alkyl carbamates (subject to hydrolysis) is 1. The van der Waals surface area contributed by atoms with Gasteiger partial charge in [0, 0.05) is 22.6 Å². The molecule has 0 saturated carbocycles. The molecule has 2 fully saturated rings. The van der Waals surface area contributed by atoms with E-state index in [9.17, 15) is 29.4 Å². The highest BCUT2D eigenvalue weighted by Gasteiger charge is 2.41. The number of anilines is 1. The van der Waals surface area contributed by atoms with Gasteiger partial charge in [0.05, 0.1) is 36.5 Å². The molecule has 11 nitrogen and oxygen atoms in total. The Bertz CT molecular complexity index is 1780. The number of nitrogens with zero attached hydrogens (tertiary/aromatic N) is 1. The van der Waals surface area contributed by atoms with Crippen molar-refractivity contribution in [3.63, 3.8) is 0 Å². The molecule has 4 aromatic carbocycles. The highest BCUT2D eigenvalue weighted by molar-refractivity contribution is 7.99. The summed E-state index contributed by atoms with van der Waals surface area (Å²) in [6.07, 6.45) is -1.73. The maximum absolute atomic E-state index is 13.2. The third-order valence-electron chi connectivity index (χ3n) is 8.23. The Balaban J connectivity index is 1.12. The van der Waals surface area contributed by atoms with Gasteiger partial charge in [-0.2, -0.15) is 0 Å². The number of rotatable bonds is 11. The minimum absolute atomic E-state index is 0.0340. The van der Waals surface area contributed by atoms with Crippen molar-refractivity contribution in [3.8, 4) is 0 Å². The minimum atomic E-state index is -1.04. The second kappa shape index (κ2) is 15.5. The predicted octanol–water partition coefficient (Wildman–Crippen LogP) is 5.77. The fourth-order valence-corrected chi connectivity index (χ4v) is 6.53. The molecular formula is C37H34N2O9S. The van der Waals surface area contributed by atoms with Gasteiger partial charge in [-0.05, 0) is 53.1 Å². The average molecular weight is 683 g/mol. The number of hydrogen-bond acceptors (Lipinski definition) is 9. The lowest BCUT2D eigenvalue weighted by Gasteiger charge is -2.36. The van der Waals surface area contributed by atoms with Crippen molar-refractivity contribution in [1.29, 1.82) is 0 Å². The third kappa shape index (κ3) is 8.35. The van der Waals surface area contributed by atoms with E-state index in [0.717, 1.165) is 26.5 Å². The number of carbonyl (C=O) groups is 4. The maximum atomic E-state index is 13.2. The van der Waals surface area contributed by atoms with Crippen LogP contribution in [0.4, 0.5) is 10.5 Å². The Morgan fingerprint density at radius 2 is 1.55 bits per heavy atom. The molecule has 0 spiro atoms. The smallest absolute Gasteiger partial charge is 0.408 e. The van der Waals surface area contributed by atoms with Crippen molar-refractivity contribution in [2.75, 3.05) is 10.7 Å². The van der Waals surface area contributed by atoms with Gasteiger partial charge in [0.15, 0.2) is 6.29 Å². The van der Waals surface area contributed by atoms with Gasteiger partial charge in [-0.3, -0.25) is 9.59 Å². The Hall–Kier alpha value is -5.01. The number of aliphatic hydroxyl groups is 1. The van der Waals surface area contributed by atoms with E-state index < -0.39 is 36.2 Å². The molecule has 2 saturated heterocycles. The molecule has 2 heterocycles. The SMILES string of the molecule is O=C(NC1CC(=O)N(c2ccc([C@@H]3O[C@H](CSc4ccc(C(=O)O)cc4)C[C@H](c4ccc(CO)cc4)O3)cc2)C1=O)OCc1ccccc1. The number of nitrogens with one attached hydrogen (secondary N) is 1. The van der Waals surface area contributed by atoms with Crippen LogP contribution >= 0.6 is 11.8 Å². The quantitative estimate of drug-likeness (QED) is 0.131. The van der Waals surface area contributed by atoms with Crippen LogP contribution in [0.15, 0.2) is 108 Å². The summed E-state index contributed by atoms with van der Waals surface area (Å²) in [6.45, 7) is -0.0345. The number of imide groups is 1. The number of aliphatic hydroxyl groups excluding tert-OH is 1. The zero-order chi connectivity index (χ0) is 34.3. The number of ether oxygens (including phenoxy) is 3. The number of thioether (sulfide) groups is 1. The van der Waals surface area contributed by atoms with Crippen molar-refractivity contribution in [1.82, 2.24) is 5.32 Å². The molecule has 0 radical (unpaired) electrons. The molecule has 252 valence electrons. The summed E-state index contributed by atoms with van der Waals surface area (Å²) in [6, 6.07) is 29.0. The molecule has 0 bridgehead atoms. The lowest BCUT2D eigenvalue weighted by molar-refractivity contribution is -0.245. The topological polar surface area (TPSA) is 152 Å². The van der Waals surface area contributed by atoms with Gasteiger partial charge >= 0.3 is 12.1 Å². The normalized spacial score (nSPS) is 20.6. The zero-order valence-electron chi connectivity index (χ0n) is 26.3. The molecule has 0 aliphatic carbocycles. The summed E-state index contributed by atoms with van der Waals surface area (Å²) < 4.78 is 18.0. The van der Waals surface area contributed by atoms with Crippen molar-refractivity contribution >= 4 is 41.3 Å². The maximum Gasteiger partial charge on any atom is 0.408 e. The molecular weight excluding hydrogens is 648 g/mol. The first-order valence-corrected chi connectivity index (χ1v) is 16.7. The van der Waals surface area contributed by atoms with Crippen LogP contribution in [-0.2, 0) is 37.0 Å². The summed E-state index contributed by atoms with van der Waals surface area (Å²) >= 11 is 1.55. The Morgan fingerprint density at radius 1 is 0.857 bits per heavy atom. The lowest BCUT2D eigenvalue weighted by Crippen LogP contribution is -2.42. The van der Waals surface area contributed by atoms with Crippen molar-refractivity contribution in [3.05, 3.63) is 131 Å². The number of hydrogen-bond donors (Lipinski definition) is 3. The van der Waals surface area contributed by atoms with Gasteiger partial charge in [-0.15, -0.1) is 11.8 Å². The van der Waals surface area contributed by atoms with Gasteiger partial charge in [0.2, 0.25) is 5.91 Å². The number of carboxylic acid groups (broad SMARTS) is 1. The van der Waals surface area contributed by atoms with Gasteiger partial charge in [0.25, 0.3) is 5.91 Å². The summed E-state index contributed by atoms with van der Waals surface area (Å²) in [4.78, 5) is 51.6. The van der Waals surface area contributed by atoms with E-state index in [4.69, 9.17) is 14.2 Å². The third-order valence-corrected chi connectivity index (χ3v) is 9.37. The van der Waals surface area contributed by atoms with Crippen LogP contribution in [0.1, 0.15) is 57.8 Å². The molecule has 2 aliphatic heterocycles. The first-order valence-electron chi connectivity index (χ1n) is 15.7. The summed E-state index contributed by atoms with van der Waals surface area (Å²) in [5, 5.41) is 21.2. The molecule has 4 aromatic rings. The molecule has 3 amide bonds. The monoisotopic (exact) mass is 682 g/mol. The molecule has 6 rings (SSSR count). The van der Waals surface area contributed by atoms with Crippen LogP contribution in [0.3, 0.4) is 0 Å². The summed E-state index contributed by atoms with van der Waals surface area (Å²) in [5.74, 6) is -1.41. The van der Waals surface area contributed by atoms with Crippen LogP contribution < -0.4 is 10.2 Å². The van der Waals surface area contributed by atoms with Crippen LogP contribution in [-0.4, -0.2) is 52.0 Å². The van der Waals surface area contributed by atoms with E-state index in [0.29, 0.717) is 23.4 Å². The van der Waals surface area contributed by atoms with Crippen molar-refractivity contribution in [2.24, 2.45) is 0 Å². The Morgan fingerprint density at radius 3 is 2.22 bits per heavy atom. The number of benzene rings is 4. The standard InChI is InChI=1S/C37H34N2O9S/c40-20-23-6-8-25(9-7-23)32-18-29(22-49-30-16-12-26(13-17-30)35(43)44)47-36(48-32)27-10-14-28(15-11-27)39-33(41)19-31(34(39)42)38-37(45)46-21-24-4-2-1-3-5-24/h1-17,29,31-32,36,40H,18-22H2,(H,38,45)(H,43,44)/t29-,31?,32+,36+/m0/s1. The van der Waals surface area contributed by atoms with Gasteiger partial charge in [-0.1, -0.05) is 66.7 Å². The lowest BCUT2D eigenvalue weighted by atomic mass is 10.0.